The number of hydrogen-bond donors (Lipinski definition) is 1. The van der Waals surface area contributed by atoms with Gasteiger partial charge in [0.1, 0.15) is 0 Å². The number of hydrogen-bond acceptors (Lipinski definition) is 2. The van der Waals surface area contributed by atoms with Crippen molar-refractivity contribution in [2.24, 2.45) is 5.92 Å². The zero-order valence-corrected chi connectivity index (χ0v) is 6.10. The van der Waals surface area contributed by atoms with Crippen molar-refractivity contribution in [3.05, 3.63) is 0 Å². The zero-order valence-electron chi connectivity index (χ0n) is 6.10. The van der Waals surface area contributed by atoms with Gasteiger partial charge in [-0.1, -0.05) is 12.8 Å². The van der Waals surface area contributed by atoms with Gasteiger partial charge in [-0.3, -0.25) is 0 Å². The molecule has 0 aromatic rings. The fourth-order valence-corrected chi connectivity index (χ4v) is 2.00. The molecule has 0 amide bonds. The highest BCUT2D eigenvalue weighted by atomic mass is 16.5. The number of ether oxygens (including phenoxy) is 1. The van der Waals surface area contributed by atoms with Gasteiger partial charge in [0.25, 0.3) is 0 Å². The van der Waals surface area contributed by atoms with E-state index >= 15 is 0 Å². The van der Waals surface area contributed by atoms with Gasteiger partial charge in [0.05, 0.1) is 12.7 Å². The lowest BCUT2D eigenvalue weighted by Gasteiger charge is -2.22. The Balaban J connectivity index is 2.08. The van der Waals surface area contributed by atoms with Gasteiger partial charge in [-0.25, -0.2) is 0 Å². The molecule has 2 aliphatic rings. The molecule has 2 fully saturated rings. The molecular weight excluding hydrogens is 126 g/mol. The van der Waals surface area contributed by atoms with Gasteiger partial charge in [0.2, 0.25) is 0 Å². The molecule has 2 nitrogen and oxygen atoms in total. The molecule has 0 radical (unpaired) electrons. The van der Waals surface area contributed by atoms with Crippen molar-refractivity contribution in [3.8, 4) is 0 Å². The summed E-state index contributed by atoms with van der Waals surface area (Å²) >= 11 is 0. The van der Waals surface area contributed by atoms with Crippen molar-refractivity contribution in [3.63, 3.8) is 0 Å². The van der Waals surface area contributed by atoms with Crippen LogP contribution in [0.1, 0.15) is 25.7 Å². The van der Waals surface area contributed by atoms with Crippen molar-refractivity contribution < 1.29 is 4.74 Å². The number of nitrogens with one attached hydrogen (secondary N) is 1. The van der Waals surface area contributed by atoms with Crippen LogP contribution in [-0.4, -0.2) is 18.4 Å². The molecule has 0 spiro atoms. The van der Waals surface area contributed by atoms with Crippen LogP contribution in [0.15, 0.2) is 0 Å². The predicted molar refractivity (Wildman–Crippen MR) is 39.4 cm³/mol. The molecule has 0 aromatic carbocycles. The largest absolute Gasteiger partial charge is 0.372 e. The van der Waals surface area contributed by atoms with Crippen molar-refractivity contribution in [2.75, 3.05) is 6.61 Å². The van der Waals surface area contributed by atoms with E-state index in [-0.39, 0.29) is 0 Å². The molecule has 1 aliphatic heterocycles. The van der Waals surface area contributed by atoms with Gasteiger partial charge in [-0.2, -0.15) is 0 Å². The van der Waals surface area contributed by atoms with Crippen LogP contribution in [0.5, 0.6) is 0 Å². The van der Waals surface area contributed by atoms with Crippen LogP contribution in [0.4, 0.5) is 0 Å². The standard InChI is InChI=1S/C8H13NO/c9-7-5-10-8-4-2-1-3-6(7)8/h6,8-9H,1-5H2. The molecular formula is C8H13NO. The topological polar surface area (TPSA) is 33.1 Å². The third kappa shape index (κ3) is 0.870. The summed E-state index contributed by atoms with van der Waals surface area (Å²) in [6.07, 6.45) is 5.40. The molecule has 2 atom stereocenters. The van der Waals surface area contributed by atoms with Gasteiger partial charge < -0.3 is 10.1 Å². The Bertz CT molecular complexity index is 155. The molecule has 1 heterocycles. The van der Waals surface area contributed by atoms with Crippen LogP contribution in [0, 0.1) is 11.3 Å². The lowest BCUT2D eigenvalue weighted by molar-refractivity contribution is 0.0663. The second kappa shape index (κ2) is 2.35. The highest BCUT2D eigenvalue weighted by Crippen LogP contribution is 2.31. The normalized spacial score (nSPS) is 39.8. The molecule has 56 valence electrons. The molecule has 2 rings (SSSR count). The van der Waals surface area contributed by atoms with Crippen LogP contribution in [0.3, 0.4) is 0 Å². The van der Waals surface area contributed by atoms with E-state index in [0.29, 0.717) is 18.6 Å². The monoisotopic (exact) mass is 139 g/mol. The van der Waals surface area contributed by atoms with E-state index in [1.165, 1.54) is 25.7 Å². The fourth-order valence-electron chi connectivity index (χ4n) is 2.00. The minimum atomic E-state index is 0.418. The third-order valence-corrected chi connectivity index (χ3v) is 2.60. The molecule has 1 saturated carbocycles. The average Bonchev–Trinajstić information content (AvgIpc) is 2.34. The maximum Gasteiger partial charge on any atom is 0.0849 e. The van der Waals surface area contributed by atoms with Crippen molar-refractivity contribution in [1.29, 1.82) is 5.41 Å². The maximum absolute atomic E-state index is 7.55. The SMILES string of the molecule is N=C1COC2CCCCC12. The molecule has 1 N–H and O–H groups in total. The molecule has 10 heavy (non-hydrogen) atoms. The summed E-state index contributed by atoms with van der Waals surface area (Å²) < 4.78 is 5.44. The van der Waals surface area contributed by atoms with Gasteiger partial charge in [-0.15, -0.1) is 0 Å². The Morgan fingerprint density at radius 2 is 2.10 bits per heavy atom. The van der Waals surface area contributed by atoms with Crippen LogP contribution >= 0.6 is 0 Å². The van der Waals surface area contributed by atoms with Gasteiger partial charge in [0.15, 0.2) is 0 Å². The highest BCUT2D eigenvalue weighted by Gasteiger charge is 2.34. The summed E-state index contributed by atoms with van der Waals surface area (Å²) in [5.74, 6) is 0.494. The lowest BCUT2D eigenvalue weighted by Crippen LogP contribution is -2.23. The molecule has 1 saturated heterocycles. The smallest absolute Gasteiger partial charge is 0.0849 e. The minimum absolute atomic E-state index is 0.418. The quantitative estimate of drug-likeness (QED) is 0.543. The number of fused-ring (bicyclic) bond motifs is 1. The van der Waals surface area contributed by atoms with E-state index in [9.17, 15) is 0 Å². The van der Waals surface area contributed by atoms with Crippen molar-refractivity contribution >= 4 is 5.71 Å². The Hall–Kier alpha value is -0.370. The highest BCUT2D eigenvalue weighted by molar-refractivity contribution is 5.87. The van der Waals surface area contributed by atoms with Crippen LogP contribution in [-0.2, 0) is 4.74 Å². The van der Waals surface area contributed by atoms with Crippen LogP contribution < -0.4 is 0 Å². The first kappa shape index (κ1) is 6.35. The Morgan fingerprint density at radius 3 is 2.90 bits per heavy atom. The summed E-state index contributed by atoms with van der Waals surface area (Å²) in [5, 5.41) is 7.55. The molecule has 0 aromatic heterocycles. The first-order chi connectivity index (χ1) is 4.88. The molecule has 2 heteroatoms. The zero-order chi connectivity index (χ0) is 6.97. The second-order valence-corrected chi connectivity index (χ2v) is 3.27. The summed E-state index contributed by atoms with van der Waals surface area (Å²) in [4.78, 5) is 0. The summed E-state index contributed by atoms with van der Waals surface area (Å²) in [7, 11) is 0. The molecule has 2 unspecified atom stereocenters. The van der Waals surface area contributed by atoms with Gasteiger partial charge in [-0.05, 0) is 12.8 Å². The van der Waals surface area contributed by atoms with Crippen molar-refractivity contribution in [1.82, 2.24) is 0 Å². The van der Waals surface area contributed by atoms with E-state index < -0.39 is 0 Å². The first-order valence-corrected chi connectivity index (χ1v) is 4.07. The van der Waals surface area contributed by atoms with E-state index in [0.717, 1.165) is 5.71 Å². The summed E-state index contributed by atoms with van der Waals surface area (Å²) in [6, 6.07) is 0. The Morgan fingerprint density at radius 1 is 1.30 bits per heavy atom. The van der Waals surface area contributed by atoms with Crippen molar-refractivity contribution in [2.45, 2.75) is 31.8 Å². The second-order valence-electron chi connectivity index (χ2n) is 3.27. The molecule has 1 aliphatic carbocycles. The van der Waals surface area contributed by atoms with E-state index in [1.54, 1.807) is 0 Å². The fraction of sp³-hybridized carbons (Fsp3) is 0.875. The third-order valence-electron chi connectivity index (χ3n) is 2.60. The Labute approximate surface area is 61.1 Å². The molecule has 0 bridgehead atoms. The minimum Gasteiger partial charge on any atom is -0.372 e. The van der Waals surface area contributed by atoms with Gasteiger partial charge in [0, 0.05) is 11.6 Å². The van der Waals surface area contributed by atoms with E-state index in [1.807, 2.05) is 0 Å². The maximum atomic E-state index is 7.55. The summed E-state index contributed by atoms with van der Waals surface area (Å²) in [5.41, 5.74) is 0.838. The van der Waals surface area contributed by atoms with E-state index in [4.69, 9.17) is 10.1 Å². The summed E-state index contributed by atoms with van der Waals surface area (Å²) in [6.45, 7) is 0.606. The first-order valence-electron chi connectivity index (χ1n) is 4.07. The average molecular weight is 139 g/mol. The number of rotatable bonds is 0. The van der Waals surface area contributed by atoms with E-state index in [2.05, 4.69) is 0 Å². The van der Waals surface area contributed by atoms with Crippen LogP contribution in [0.25, 0.3) is 0 Å². The van der Waals surface area contributed by atoms with Crippen LogP contribution in [0.2, 0.25) is 0 Å². The predicted octanol–water partition coefficient (Wildman–Crippen LogP) is 1.60. The lowest BCUT2D eigenvalue weighted by atomic mass is 9.85. The van der Waals surface area contributed by atoms with Gasteiger partial charge >= 0.3 is 0 Å². The Kier molecular flexibility index (Phi) is 1.49.